The summed E-state index contributed by atoms with van der Waals surface area (Å²) >= 11 is 3.48. The van der Waals surface area contributed by atoms with Crippen LogP contribution in [0.2, 0.25) is 0 Å². The van der Waals surface area contributed by atoms with Crippen LogP contribution in [0.5, 0.6) is 0 Å². The number of carbonyl (C=O) groups excluding carboxylic acids is 1. The molecule has 1 rings (SSSR count). The number of hydrogen-bond acceptors (Lipinski definition) is 2. The number of nitrogens with zero attached hydrogens (tertiary/aromatic N) is 2. The zero-order valence-corrected chi connectivity index (χ0v) is 18.3. The van der Waals surface area contributed by atoms with Crippen molar-refractivity contribution in [2.75, 3.05) is 7.05 Å². The van der Waals surface area contributed by atoms with Crippen LogP contribution in [0.4, 0.5) is 4.39 Å². The fraction of sp³-hybridized carbons (Fsp3) is 0.304. The maximum Gasteiger partial charge on any atom is 0.261 e. The van der Waals surface area contributed by atoms with Gasteiger partial charge in [0.05, 0.1) is 4.48 Å². The zero-order chi connectivity index (χ0) is 20.9. The lowest BCUT2D eigenvalue weighted by atomic mass is 10.0. The molecule has 1 aromatic heterocycles. The van der Waals surface area contributed by atoms with Gasteiger partial charge >= 0.3 is 0 Å². The van der Waals surface area contributed by atoms with Crippen molar-refractivity contribution in [2.24, 2.45) is 0 Å². The number of allylic oxidation sites excluding steroid dienone is 8. The smallest absolute Gasteiger partial charge is 0.261 e. The Labute approximate surface area is 176 Å². The van der Waals surface area contributed by atoms with Crippen LogP contribution < -0.4 is 0 Å². The molecular weight excluding hydrogens is 419 g/mol. The second-order valence-electron chi connectivity index (χ2n) is 6.37. The molecule has 150 valence electrons. The lowest BCUT2D eigenvalue weighted by molar-refractivity contribution is -0.125. The van der Waals surface area contributed by atoms with E-state index in [-0.39, 0.29) is 5.91 Å². The van der Waals surface area contributed by atoms with Crippen LogP contribution in [0.15, 0.2) is 83.2 Å². The maximum absolute atomic E-state index is 13.1. The molecule has 0 aliphatic carbocycles. The van der Waals surface area contributed by atoms with Crippen LogP contribution in [0.1, 0.15) is 32.3 Å². The summed E-state index contributed by atoms with van der Waals surface area (Å²) in [5, 5.41) is 0. The monoisotopic (exact) mass is 446 g/mol. The minimum absolute atomic E-state index is 0.0907. The molecule has 1 heterocycles. The second-order valence-corrected chi connectivity index (χ2v) is 7.16. The number of pyridine rings is 1. The van der Waals surface area contributed by atoms with Crippen molar-refractivity contribution in [2.45, 2.75) is 39.4 Å². The molecule has 0 saturated heterocycles. The van der Waals surface area contributed by atoms with Crippen molar-refractivity contribution in [3.63, 3.8) is 0 Å². The van der Waals surface area contributed by atoms with E-state index in [1.54, 1.807) is 36.5 Å². The molecule has 0 radical (unpaired) electrons. The molecule has 1 unspecified atom stereocenters. The van der Waals surface area contributed by atoms with Crippen molar-refractivity contribution in [3.8, 4) is 0 Å². The third kappa shape index (κ3) is 8.61. The van der Waals surface area contributed by atoms with Gasteiger partial charge in [-0.2, -0.15) is 0 Å². The average Bonchev–Trinajstić information content (AvgIpc) is 2.68. The first-order valence-corrected chi connectivity index (χ1v) is 9.97. The van der Waals surface area contributed by atoms with Crippen LogP contribution in [0, 0.1) is 0 Å². The van der Waals surface area contributed by atoms with Crippen LogP contribution >= 0.6 is 15.9 Å². The van der Waals surface area contributed by atoms with E-state index in [0.29, 0.717) is 23.9 Å². The van der Waals surface area contributed by atoms with E-state index in [2.05, 4.69) is 27.5 Å². The Morgan fingerprint density at radius 3 is 2.57 bits per heavy atom. The number of alkyl halides is 1. The average molecular weight is 447 g/mol. The summed E-state index contributed by atoms with van der Waals surface area (Å²) in [5.41, 5.74) is 2.87. The van der Waals surface area contributed by atoms with Crippen molar-refractivity contribution >= 4 is 21.8 Å². The largest absolute Gasteiger partial charge is 0.337 e. The van der Waals surface area contributed by atoms with Crippen LogP contribution in [0.3, 0.4) is 0 Å². The van der Waals surface area contributed by atoms with Crippen molar-refractivity contribution in [3.05, 3.63) is 88.8 Å². The highest BCUT2D eigenvalue weighted by Gasteiger charge is 2.16. The van der Waals surface area contributed by atoms with Gasteiger partial charge in [-0.05, 0) is 71.5 Å². The Morgan fingerprint density at radius 1 is 1.32 bits per heavy atom. The fourth-order valence-corrected chi connectivity index (χ4v) is 3.15. The molecule has 1 aromatic rings. The highest BCUT2D eigenvalue weighted by molar-refractivity contribution is 9.12. The molecule has 3 nitrogen and oxygen atoms in total. The first-order chi connectivity index (χ1) is 13.4. The molecule has 1 atom stereocenters. The van der Waals surface area contributed by atoms with E-state index in [1.165, 1.54) is 13.0 Å². The van der Waals surface area contributed by atoms with Gasteiger partial charge in [0.1, 0.15) is 6.17 Å². The van der Waals surface area contributed by atoms with Gasteiger partial charge < -0.3 is 4.90 Å². The van der Waals surface area contributed by atoms with Gasteiger partial charge in [0.25, 0.3) is 5.91 Å². The first kappa shape index (κ1) is 23.8. The number of likely N-dealkylation sites (N-methyl/N-ethyl adjacent to an activating group) is 1. The van der Waals surface area contributed by atoms with Gasteiger partial charge in [0, 0.05) is 26.0 Å². The third-order valence-corrected chi connectivity index (χ3v) is 4.79. The highest BCUT2D eigenvalue weighted by Crippen LogP contribution is 2.24. The molecule has 0 N–H and O–H groups in total. The van der Waals surface area contributed by atoms with Crippen molar-refractivity contribution in [1.29, 1.82) is 0 Å². The van der Waals surface area contributed by atoms with Crippen LogP contribution in [-0.4, -0.2) is 29.0 Å². The Balaban J connectivity index is 2.93. The lowest BCUT2D eigenvalue weighted by Crippen LogP contribution is -2.26. The first-order valence-electron chi connectivity index (χ1n) is 9.18. The summed E-state index contributed by atoms with van der Waals surface area (Å²) in [4.78, 5) is 18.5. The number of rotatable bonds is 10. The Bertz CT molecular complexity index is 764. The van der Waals surface area contributed by atoms with Crippen LogP contribution in [0.25, 0.3) is 0 Å². The van der Waals surface area contributed by atoms with Gasteiger partial charge in [-0.1, -0.05) is 43.0 Å². The number of aromatic nitrogens is 1. The summed E-state index contributed by atoms with van der Waals surface area (Å²) in [6.07, 6.45) is 14.4. The van der Waals surface area contributed by atoms with Gasteiger partial charge in [0.2, 0.25) is 0 Å². The normalized spacial score (nSPS) is 14.2. The molecule has 1 amide bonds. The summed E-state index contributed by atoms with van der Waals surface area (Å²) in [7, 11) is 1.77. The van der Waals surface area contributed by atoms with E-state index in [9.17, 15) is 9.18 Å². The second kappa shape index (κ2) is 13.0. The van der Waals surface area contributed by atoms with Crippen molar-refractivity contribution < 1.29 is 9.18 Å². The Morgan fingerprint density at radius 2 is 2.00 bits per heavy atom. The quantitative estimate of drug-likeness (QED) is 0.322. The number of halogens is 2. The summed E-state index contributed by atoms with van der Waals surface area (Å²) < 4.78 is 13.6. The lowest BCUT2D eigenvalue weighted by Gasteiger charge is -2.18. The van der Waals surface area contributed by atoms with Gasteiger partial charge in [0.15, 0.2) is 0 Å². The minimum Gasteiger partial charge on any atom is -0.337 e. The number of hydrogen-bond donors (Lipinski definition) is 0. The third-order valence-electron chi connectivity index (χ3n) is 3.94. The topological polar surface area (TPSA) is 33.2 Å². The maximum atomic E-state index is 13.1. The summed E-state index contributed by atoms with van der Waals surface area (Å²) in [6.45, 7) is 7.61. The molecule has 0 aliphatic heterocycles. The molecular formula is C23H28BrFN2O. The summed E-state index contributed by atoms with van der Waals surface area (Å²) in [6, 6.07) is 3.78. The van der Waals surface area contributed by atoms with E-state index in [4.69, 9.17) is 0 Å². The molecule has 0 aliphatic rings. The number of carbonyl (C=O) groups is 1. The van der Waals surface area contributed by atoms with Gasteiger partial charge in [-0.3, -0.25) is 9.78 Å². The van der Waals surface area contributed by atoms with Crippen LogP contribution in [-0.2, 0) is 11.3 Å². The van der Waals surface area contributed by atoms with E-state index in [0.717, 1.165) is 16.7 Å². The fourth-order valence-electron chi connectivity index (χ4n) is 2.52. The standard InChI is InChI=1S/C23H28BrFN2O/c1-5-7-19(10-9-18(3)25)11-12-21(8-6-2)22(24)23(28)27(4)17-20-13-15-26-16-14-20/h5-10,13-16,18H,1,11-12,17H2,2-4H3/b8-6+,10-9-,19-7+,22-21-. The summed E-state index contributed by atoms with van der Waals surface area (Å²) in [5.74, 6) is -0.0907. The van der Waals surface area contributed by atoms with E-state index < -0.39 is 6.17 Å². The predicted octanol–water partition coefficient (Wildman–Crippen LogP) is 6.07. The zero-order valence-electron chi connectivity index (χ0n) is 16.7. The molecule has 5 heteroatoms. The van der Waals surface area contributed by atoms with E-state index >= 15 is 0 Å². The molecule has 0 saturated carbocycles. The highest BCUT2D eigenvalue weighted by atomic mass is 79.9. The molecule has 0 aromatic carbocycles. The Hall–Kier alpha value is -2.27. The van der Waals surface area contributed by atoms with Gasteiger partial charge in [-0.25, -0.2) is 4.39 Å². The molecule has 0 spiro atoms. The van der Waals surface area contributed by atoms with Crippen molar-refractivity contribution in [1.82, 2.24) is 9.88 Å². The van der Waals surface area contributed by atoms with Gasteiger partial charge in [-0.15, -0.1) is 0 Å². The minimum atomic E-state index is -1.01. The SMILES string of the molecule is C=C/C=C(\C=C/C(C)F)CCC(/C=C/C)=C(\Br)C(=O)N(C)Cc1ccncc1. The Kier molecular flexibility index (Phi) is 11.0. The number of amides is 1. The molecule has 0 bridgehead atoms. The predicted molar refractivity (Wildman–Crippen MR) is 119 cm³/mol. The molecule has 28 heavy (non-hydrogen) atoms. The van der Waals surface area contributed by atoms with E-state index in [1.807, 2.05) is 37.3 Å². The molecule has 0 fully saturated rings.